The summed E-state index contributed by atoms with van der Waals surface area (Å²) in [6.45, 7) is 0.818. The lowest BCUT2D eigenvalue weighted by Crippen LogP contribution is -2.40. The first-order valence-corrected chi connectivity index (χ1v) is 3.63. The summed E-state index contributed by atoms with van der Waals surface area (Å²) in [5.41, 5.74) is 0. The third-order valence-electron chi connectivity index (χ3n) is 1.92. The van der Waals surface area contributed by atoms with Crippen LogP contribution in [0.15, 0.2) is 0 Å². The quantitative estimate of drug-likeness (QED) is 0.554. The molecule has 2 unspecified atom stereocenters. The van der Waals surface area contributed by atoms with Crippen LogP contribution in [0.25, 0.3) is 0 Å². The monoisotopic (exact) mass is 159 g/mol. The van der Waals surface area contributed by atoms with E-state index in [1.54, 1.807) is 7.11 Å². The van der Waals surface area contributed by atoms with Gasteiger partial charge in [-0.3, -0.25) is 4.79 Å². The van der Waals surface area contributed by atoms with Crippen LogP contribution >= 0.6 is 0 Å². The van der Waals surface area contributed by atoms with Crippen LogP contribution in [0.4, 0.5) is 0 Å². The Morgan fingerprint density at radius 3 is 2.82 bits per heavy atom. The third kappa shape index (κ3) is 1.70. The smallest absolute Gasteiger partial charge is 0.325 e. The van der Waals surface area contributed by atoms with Gasteiger partial charge in [0, 0.05) is 7.11 Å². The lowest BCUT2D eigenvalue weighted by molar-refractivity contribution is -0.145. The molecule has 0 spiro atoms. The van der Waals surface area contributed by atoms with Crippen LogP contribution in [-0.2, 0) is 14.3 Å². The van der Waals surface area contributed by atoms with Crippen LogP contribution in [0.3, 0.4) is 0 Å². The van der Waals surface area contributed by atoms with Crippen molar-refractivity contribution >= 4 is 5.97 Å². The highest BCUT2D eigenvalue weighted by Gasteiger charge is 2.33. The summed E-state index contributed by atoms with van der Waals surface area (Å²) in [4.78, 5) is 11.0. The first kappa shape index (κ1) is 8.49. The van der Waals surface area contributed by atoms with Crippen molar-refractivity contribution in [1.82, 2.24) is 5.32 Å². The van der Waals surface area contributed by atoms with Gasteiger partial charge in [0.15, 0.2) is 0 Å². The van der Waals surface area contributed by atoms with Gasteiger partial charge in [-0.2, -0.15) is 0 Å². The number of carbonyl (C=O) groups excluding carboxylic acids is 1. The Kier molecular flexibility index (Phi) is 2.84. The number of rotatable bonds is 2. The molecule has 1 fully saturated rings. The van der Waals surface area contributed by atoms with E-state index in [1.165, 1.54) is 7.11 Å². The van der Waals surface area contributed by atoms with Crippen LogP contribution in [-0.4, -0.2) is 38.9 Å². The van der Waals surface area contributed by atoms with Gasteiger partial charge in [-0.15, -0.1) is 0 Å². The van der Waals surface area contributed by atoms with Gasteiger partial charge in [0.1, 0.15) is 6.04 Å². The maximum Gasteiger partial charge on any atom is 0.325 e. The lowest BCUT2D eigenvalue weighted by Gasteiger charge is -2.14. The van der Waals surface area contributed by atoms with Crippen molar-refractivity contribution in [3.63, 3.8) is 0 Å². The van der Waals surface area contributed by atoms with E-state index >= 15 is 0 Å². The molecule has 0 aromatic heterocycles. The number of nitrogens with one attached hydrogen (secondary N) is 1. The highest BCUT2D eigenvalue weighted by Crippen LogP contribution is 2.11. The molecule has 1 aliphatic heterocycles. The molecule has 0 saturated carbocycles. The Bertz CT molecular complexity index is 149. The molecule has 1 heterocycles. The van der Waals surface area contributed by atoms with Gasteiger partial charge in [0.05, 0.1) is 13.2 Å². The number of ether oxygens (including phenoxy) is 2. The van der Waals surface area contributed by atoms with Gasteiger partial charge >= 0.3 is 5.97 Å². The molecule has 64 valence electrons. The molecule has 1 N–H and O–H groups in total. The van der Waals surface area contributed by atoms with Crippen molar-refractivity contribution in [2.75, 3.05) is 20.8 Å². The van der Waals surface area contributed by atoms with Crippen molar-refractivity contribution in [2.45, 2.75) is 18.6 Å². The maximum absolute atomic E-state index is 11.0. The van der Waals surface area contributed by atoms with Crippen molar-refractivity contribution in [3.8, 4) is 0 Å². The van der Waals surface area contributed by atoms with Gasteiger partial charge in [-0.05, 0) is 13.0 Å². The van der Waals surface area contributed by atoms with Crippen LogP contribution in [0.5, 0.6) is 0 Å². The Balaban J connectivity index is 2.49. The average Bonchev–Trinajstić information content (AvgIpc) is 2.50. The molecule has 1 saturated heterocycles. The molecule has 4 heteroatoms. The second kappa shape index (κ2) is 3.69. The number of hydrogen-bond donors (Lipinski definition) is 1. The van der Waals surface area contributed by atoms with E-state index in [0.717, 1.165) is 13.0 Å². The Hall–Kier alpha value is -0.610. The van der Waals surface area contributed by atoms with Crippen molar-refractivity contribution < 1.29 is 14.3 Å². The van der Waals surface area contributed by atoms with Gasteiger partial charge in [0.2, 0.25) is 0 Å². The summed E-state index contributed by atoms with van der Waals surface area (Å²) in [5.74, 6) is -0.241. The molecular weight excluding hydrogens is 146 g/mol. The molecule has 1 rings (SSSR count). The standard InChI is InChI=1S/C7H13NO3/c1-10-5-3-4-8-6(5)7(9)11-2/h5-6,8H,3-4H2,1-2H3. The van der Waals surface area contributed by atoms with E-state index in [0.29, 0.717) is 0 Å². The van der Waals surface area contributed by atoms with Gasteiger partial charge < -0.3 is 14.8 Å². The fourth-order valence-electron chi connectivity index (χ4n) is 1.30. The molecule has 0 bridgehead atoms. The molecule has 0 aromatic carbocycles. The Morgan fingerprint density at radius 2 is 2.27 bits per heavy atom. The normalized spacial score (nSPS) is 30.4. The fourth-order valence-corrected chi connectivity index (χ4v) is 1.30. The largest absolute Gasteiger partial charge is 0.468 e. The summed E-state index contributed by atoms with van der Waals surface area (Å²) < 4.78 is 9.67. The molecular formula is C7H13NO3. The van der Waals surface area contributed by atoms with E-state index in [2.05, 4.69) is 10.1 Å². The maximum atomic E-state index is 11.0. The summed E-state index contributed by atoms with van der Waals surface area (Å²) >= 11 is 0. The zero-order valence-electron chi connectivity index (χ0n) is 6.79. The number of hydrogen-bond acceptors (Lipinski definition) is 4. The van der Waals surface area contributed by atoms with Crippen molar-refractivity contribution in [2.24, 2.45) is 0 Å². The predicted molar refractivity (Wildman–Crippen MR) is 39.2 cm³/mol. The molecule has 2 atom stereocenters. The van der Waals surface area contributed by atoms with Crippen molar-refractivity contribution in [3.05, 3.63) is 0 Å². The minimum Gasteiger partial charge on any atom is -0.468 e. The second-order valence-corrected chi connectivity index (χ2v) is 2.52. The summed E-state index contributed by atoms with van der Waals surface area (Å²) in [5, 5.41) is 3.01. The van der Waals surface area contributed by atoms with E-state index < -0.39 is 0 Å². The highest BCUT2D eigenvalue weighted by molar-refractivity contribution is 5.76. The zero-order chi connectivity index (χ0) is 8.27. The van der Waals surface area contributed by atoms with Crippen molar-refractivity contribution in [1.29, 1.82) is 0 Å². The molecule has 11 heavy (non-hydrogen) atoms. The summed E-state index contributed by atoms with van der Waals surface area (Å²) in [7, 11) is 2.99. The van der Waals surface area contributed by atoms with Crippen LogP contribution in [0.2, 0.25) is 0 Å². The van der Waals surface area contributed by atoms with E-state index in [1.807, 2.05) is 0 Å². The first-order chi connectivity index (χ1) is 5.29. The fraction of sp³-hybridized carbons (Fsp3) is 0.857. The lowest BCUT2D eigenvalue weighted by atomic mass is 10.2. The van der Waals surface area contributed by atoms with Crippen LogP contribution in [0.1, 0.15) is 6.42 Å². The summed E-state index contributed by atoms with van der Waals surface area (Å²) in [6.07, 6.45) is 0.846. The first-order valence-electron chi connectivity index (χ1n) is 3.63. The molecule has 0 radical (unpaired) electrons. The van der Waals surface area contributed by atoms with E-state index in [4.69, 9.17) is 4.74 Å². The minimum atomic E-state index is -0.273. The Morgan fingerprint density at radius 1 is 1.55 bits per heavy atom. The molecule has 0 aliphatic carbocycles. The van der Waals surface area contributed by atoms with E-state index in [-0.39, 0.29) is 18.1 Å². The van der Waals surface area contributed by atoms with Crippen LogP contribution < -0.4 is 5.32 Å². The summed E-state index contributed by atoms with van der Waals surface area (Å²) in [6, 6.07) is -0.273. The number of methoxy groups -OCH3 is 2. The molecule has 0 aromatic rings. The number of carbonyl (C=O) groups is 1. The highest BCUT2D eigenvalue weighted by atomic mass is 16.5. The number of esters is 1. The SMILES string of the molecule is COC(=O)C1NCCC1OC. The van der Waals surface area contributed by atoms with Gasteiger partial charge in [-0.25, -0.2) is 0 Å². The van der Waals surface area contributed by atoms with Crippen LogP contribution in [0, 0.1) is 0 Å². The molecule has 4 nitrogen and oxygen atoms in total. The topological polar surface area (TPSA) is 47.6 Å². The Labute approximate surface area is 65.9 Å². The third-order valence-corrected chi connectivity index (χ3v) is 1.92. The molecule has 0 amide bonds. The van der Waals surface area contributed by atoms with E-state index in [9.17, 15) is 4.79 Å². The average molecular weight is 159 g/mol. The minimum absolute atomic E-state index is 0.0255. The zero-order valence-corrected chi connectivity index (χ0v) is 6.79. The molecule has 1 aliphatic rings. The van der Waals surface area contributed by atoms with Gasteiger partial charge in [0.25, 0.3) is 0 Å². The predicted octanol–water partition coefficient (Wildman–Crippen LogP) is -0.464. The van der Waals surface area contributed by atoms with Gasteiger partial charge in [-0.1, -0.05) is 0 Å². The second-order valence-electron chi connectivity index (χ2n) is 2.52.